The Morgan fingerprint density at radius 2 is 1.93 bits per heavy atom. The molecule has 1 aromatic heterocycles. The number of carboxylic acid groups (broad SMARTS) is 1. The van der Waals surface area contributed by atoms with Crippen LogP contribution in [0.2, 0.25) is 0 Å². The van der Waals surface area contributed by atoms with Gasteiger partial charge < -0.3 is 19.1 Å². The molecule has 3 rings (SSSR count). The number of ether oxygens (including phenoxy) is 2. The molecular weight excluding hydrogens is 356 g/mol. The maximum atomic E-state index is 11.4. The number of methoxy groups -OCH3 is 1. The highest BCUT2D eigenvalue weighted by Gasteiger charge is 2.16. The zero-order valence-corrected chi connectivity index (χ0v) is 16.4. The fourth-order valence-electron chi connectivity index (χ4n) is 3.23. The van der Waals surface area contributed by atoms with Crippen LogP contribution in [0, 0.1) is 0 Å². The van der Waals surface area contributed by atoms with E-state index in [-0.39, 0.29) is 6.54 Å². The first-order chi connectivity index (χ1) is 13.6. The van der Waals surface area contributed by atoms with E-state index in [1.807, 2.05) is 42.5 Å². The average Bonchev–Trinajstić information content (AvgIpc) is 3.06. The number of hydrogen-bond acceptors (Lipinski definition) is 4. The summed E-state index contributed by atoms with van der Waals surface area (Å²) in [4.78, 5) is 16.0. The van der Waals surface area contributed by atoms with Crippen molar-refractivity contribution in [3.05, 3.63) is 42.5 Å². The highest BCUT2D eigenvalue weighted by molar-refractivity contribution is 5.83. The van der Waals surface area contributed by atoms with E-state index in [1.54, 1.807) is 11.7 Å². The summed E-state index contributed by atoms with van der Waals surface area (Å²) in [6.45, 7) is 2.67. The summed E-state index contributed by atoms with van der Waals surface area (Å²) in [6, 6.07) is 13.1. The minimum atomic E-state index is -0.914. The van der Waals surface area contributed by atoms with E-state index in [0.29, 0.717) is 23.9 Å². The first-order valence-electron chi connectivity index (χ1n) is 9.62. The van der Waals surface area contributed by atoms with Crippen molar-refractivity contribution in [3.8, 4) is 22.9 Å². The normalized spacial score (nSPS) is 10.9. The molecule has 0 atom stereocenters. The summed E-state index contributed by atoms with van der Waals surface area (Å²) in [5.74, 6) is 0.977. The Kier molecular flexibility index (Phi) is 6.53. The maximum Gasteiger partial charge on any atom is 0.323 e. The Morgan fingerprint density at radius 3 is 2.68 bits per heavy atom. The summed E-state index contributed by atoms with van der Waals surface area (Å²) < 4.78 is 13.1. The van der Waals surface area contributed by atoms with E-state index in [2.05, 4.69) is 11.9 Å². The molecule has 148 valence electrons. The van der Waals surface area contributed by atoms with Crippen molar-refractivity contribution < 1.29 is 19.4 Å². The topological polar surface area (TPSA) is 73.6 Å². The van der Waals surface area contributed by atoms with Gasteiger partial charge in [-0.05, 0) is 36.8 Å². The summed E-state index contributed by atoms with van der Waals surface area (Å²) in [7, 11) is 1.60. The molecule has 0 fully saturated rings. The average molecular weight is 382 g/mol. The van der Waals surface area contributed by atoms with Gasteiger partial charge in [0, 0.05) is 5.56 Å². The number of carbonyl (C=O) groups is 1. The lowest BCUT2D eigenvalue weighted by Gasteiger charge is -2.13. The molecule has 0 bridgehead atoms. The molecule has 2 aromatic carbocycles. The van der Waals surface area contributed by atoms with Crippen LogP contribution in [0.25, 0.3) is 22.4 Å². The predicted octanol–water partition coefficient (Wildman–Crippen LogP) is 4.76. The van der Waals surface area contributed by atoms with E-state index in [0.717, 1.165) is 29.4 Å². The van der Waals surface area contributed by atoms with E-state index < -0.39 is 5.97 Å². The van der Waals surface area contributed by atoms with Crippen molar-refractivity contribution in [2.24, 2.45) is 0 Å². The molecule has 28 heavy (non-hydrogen) atoms. The minimum Gasteiger partial charge on any atom is -0.493 e. The molecule has 1 N–H and O–H groups in total. The van der Waals surface area contributed by atoms with Gasteiger partial charge in [-0.1, -0.05) is 38.3 Å². The van der Waals surface area contributed by atoms with Crippen LogP contribution in [0.1, 0.15) is 32.6 Å². The maximum absolute atomic E-state index is 11.4. The van der Waals surface area contributed by atoms with Crippen LogP contribution in [0.3, 0.4) is 0 Å². The van der Waals surface area contributed by atoms with Crippen LogP contribution in [0.15, 0.2) is 42.5 Å². The Morgan fingerprint density at radius 1 is 1.11 bits per heavy atom. The molecule has 0 spiro atoms. The number of aliphatic carboxylic acids is 1. The molecule has 0 aliphatic heterocycles. The number of imidazole rings is 1. The highest BCUT2D eigenvalue weighted by atomic mass is 16.5. The van der Waals surface area contributed by atoms with Gasteiger partial charge in [0.15, 0.2) is 11.5 Å². The molecule has 0 aliphatic rings. The Bertz CT molecular complexity index is 949. The van der Waals surface area contributed by atoms with Gasteiger partial charge in [0.1, 0.15) is 12.4 Å². The largest absolute Gasteiger partial charge is 0.493 e. The standard InChI is InChI=1S/C22H26N2O4/c1-3-4-5-8-13-28-19-12-11-16(14-20(19)27-2)22-23-17-9-6-7-10-18(17)24(22)15-21(25)26/h6-7,9-12,14H,3-5,8,13,15H2,1-2H3,(H,25,26). The second kappa shape index (κ2) is 9.26. The van der Waals surface area contributed by atoms with Crippen molar-refractivity contribution >= 4 is 17.0 Å². The zero-order valence-electron chi connectivity index (χ0n) is 16.4. The molecule has 1 heterocycles. The lowest BCUT2D eigenvalue weighted by atomic mass is 10.2. The SMILES string of the molecule is CCCCCCOc1ccc(-c2nc3ccccc3n2CC(=O)O)cc1OC. The minimum absolute atomic E-state index is 0.159. The predicted molar refractivity (Wildman–Crippen MR) is 109 cm³/mol. The molecule has 0 amide bonds. The Hall–Kier alpha value is -3.02. The number of rotatable bonds is 10. The molecule has 6 nitrogen and oxygen atoms in total. The van der Waals surface area contributed by atoms with Gasteiger partial charge >= 0.3 is 5.97 Å². The van der Waals surface area contributed by atoms with Crippen LogP contribution >= 0.6 is 0 Å². The van der Waals surface area contributed by atoms with Crippen LogP contribution in [0.4, 0.5) is 0 Å². The fourth-order valence-corrected chi connectivity index (χ4v) is 3.23. The van der Waals surface area contributed by atoms with E-state index in [4.69, 9.17) is 9.47 Å². The van der Waals surface area contributed by atoms with Gasteiger partial charge in [0.2, 0.25) is 0 Å². The van der Waals surface area contributed by atoms with E-state index in [9.17, 15) is 9.90 Å². The molecule has 0 unspecified atom stereocenters. The van der Waals surface area contributed by atoms with Crippen molar-refractivity contribution in [2.75, 3.05) is 13.7 Å². The summed E-state index contributed by atoms with van der Waals surface area (Å²) in [5.41, 5.74) is 2.33. The molecule has 3 aromatic rings. The molecule has 0 saturated carbocycles. The number of para-hydroxylation sites is 2. The van der Waals surface area contributed by atoms with Gasteiger partial charge in [-0.25, -0.2) is 4.98 Å². The Labute approximate surface area is 164 Å². The van der Waals surface area contributed by atoms with Gasteiger partial charge in [-0.2, -0.15) is 0 Å². The second-order valence-corrected chi connectivity index (χ2v) is 6.68. The zero-order chi connectivity index (χ0) is 19.9. The quantitative estimate of drug-likeness (QED) is 0.512. The number of fused-ring (bicyclic) bond motifs is 1. The summed E-state index contributed by atoms with van der Waals surface area (Å²) in [6.07, 6.45) is 4.55. The van der Waals surface area contributed by atoms with Crippen LogP contribution < -0.4 is 9.47 Å². The molecular formula is C22H26N2O4. The monoisotopic (exact) mass is 382 g/mol. The number of carboxylic acids is 1. The molecule has 0 aliphatic carbocycles. The van der Waals surface area contributed by atoms with Crippen molar-refractivity contribution in [2.45, 2.75) is 39.2 Å². The van der Waals surface area contributed by atoms with Gasteiger partial charge in [0.05, 0.1) is 24.8 Å². The summed E-state index contributed by atoms with van der Waals surface area (Å²) in [5, 5.41) is 9.33. The second-order valence-electron chi connectivity index (χ2n) is 6.68. The van der Waals surface area contributed by atoms with Gasteiger partial charge in [-0.15, -0.1) is 0 Å². The number of nitrogens with zero attached hydrogens (tertiary/aromatic N) is 2. The third kappa shape index (κ3) is 4.44. The van der Waals surface area contributed by atoms with Gasteiger partial charge in [-0.3, -0.25) is 4.79 Å². The Balaban J connectivity index is 1.90. The van der Waals surface area contributed by atoms with Crippen molar-refractivity contribution in [3.63, 3.8) is 0 Å². The van der Waals surface area contributed by atoms with Crippen molar-refractivity contribution in [1.82, 2.24) is 9.55 Å². The van der Waals surface area contributed by atoms with Crippen molar-refractivity contribution in [1.29, 1.82) is 0 Å². The smallest absolute Gasteiger partial charge is 0.323 e. The first kappa shape index (κ1) is 19.7. The first-order valence-corrected chi connectivity index (χ1v) is 9.62. The van der Waals surface area contributed by atoms with Crippen LogP contribution in [0.5, 0.6) is 11.5 Å². The number of aromatic nitrogens is 2. The van der Waals surface area contributed by atoms with E-state index in [1.165, 1.54) is 12.8 Å². The lowest BCUT2D eigenvalue weighted by molar-refractivity contribution is -0.137. The van der Waals surface area contributed by atoms with E-state index >= 15 is 0 Å². The van der Waals surface area contributed by atoms with Crippen LogP contribution in [-0.2, 0) is 11.3 Å². The number of unbranched alkanes of at least 4 members (excludes halogenated alkanes) is 3. The molecule has 0 radical (unpaired) electrons. The third-order valence-corrected chi connectivity index (χ3v) is 4.63. The molecule has 0 saturated heterocycles. The molecule has 6 heteroatoms. The van der Waals surface area contributed by atoms with Gasteiger partial charge in [0.25, 0.3) is 0 Å². The fraction of sp³-hybridized carbons (Fsp3) is 0.364. The lowest BCUT2D eigenvalue weighted by Crippen LogP contribution is -2.10. The number of benzene rings is 2. The summed E-state index contributed by atoms with van der Waals surface area (Å²) >= 11 is 0. The third-order valence-electron chi connectivity index (χ3n) is 4.63. The number of hydrogen-bond donors (Lipinski definition) is 1. The highest BCUT2D eigenvalue weighted by Crippen LogP contribution is 2.33. The van der Waals surface area contributed by atoms with Crippen LogP contribution in [-0.4, -0.2) is 34.3 Å².